The second kappa shape index (κ2) is 7.55. The molecule has 0 bridgehead atoms. The van der Waals surface area contributed by atoms with Gasteiger partial charge in [0.15, 0.2) is 0 Å². The average molecular weight is 365 g/mol. The molecule has 0 spiro atoms. The van der Waals surface area contributed by atoms with Crippen LogP contribution in [0.4, 0.5) is 5.69 Å². The topological polar surface area (TPSA) is 70.6 Å². The zero-order valence-corrected chi connectivity index (χ0v) is 12.5. The average Bonchev–Trinajstić information content (AvgIpc) is 2.31. The maximum Gasteiger partial charge on any atom is 0.139 e. The number of hydrogen-bond donors (Lipinski definition) is 3. The largest absolute Gasteiger partial charge is 0.409 e. The molecule has 1 aromatic carbocycles. The highest BCUT2D eigenvalue weighted by Gasteiger charge is 2.03. The summed E-state index contributed by atoms with van der Waals surface area (Å²) in [7, 11) is 0. The van der Waals surface area contributed by atoms with Gasteiger partial charge in [0.25, 0.3) is 0 Å². The Balaban J connectivity index is 2.32. The van der Waals surface area contributed by atoms with Crippen molar-refractivity contribution in [1.29, 1.82) is 0 Å². The Hall–Kier alpha value is -0.750. The van der Waals surface area contributed by atoms with Gasteiger partial charge >= 0.3 is 0 Å². The standard InChI is InChI=1S/C11H15Br2N3O/c12-8-4-3-5-9(13)11(8)15-7-2-1-6-10(14)16-17/h3-5,15,17H,1-2,6-7H2,(H2,14,16). The van der Waals surface area contributed by atoms with E-state index in [0.717, 1.165) is 34.0 Å². The lowest BCUT2D eigenvalue weighted by molar-refractivity contribution is 0.316. The molecule has 0 aromatic heterocycles. The zero-order valence-electron chi connectivity index (χ0n) is 9.29. The molecule has 0 fully saturated rings. The van der Waals surface area contributed by atoms with E-state index in [1.807, 2.05) is 18.2 Å². The normalized spacial score (nSPS) is 11.5. The maximum atomic E-state index is 8.38. The van der Waals surface area contributed by atoms with Crippen molar-refractivity contribution >= 4 is 43.4 Å². The lowest BCUT2D eigenvalue weighted by Gasteiger charge is -2.10. The van der Waals surface area contributed by atoms with Gasteiger partial charge in [-0.15, -0.1) is 0 Å². The summed E-state index contributed by atoms with van der Waals surface area (Å²) < 4.78 is 2.06. The number of para-hydroxylation sites is 1. The second-order valence-corrected chi connectivity index (χ2v) is 5.28. The van der Waals surface area contributed by atoms with Crippen molar-refractivity contribution in [2.24, 2.45) is 10.9 Å². The van der Waals surface area contributed by atoms with Crippen molar-refractivity contribution in [3.63, 3.8) is 0 Å². The Morgan fingerprint density at radius 1 is 1.29 bits per heavy atom. The summed E-state index contributed by atoms with van der Waals surface area (Å²) >= 11 is 6.97. The number of anilines is 1. The number of oxime groups is 1. The van der Waals surface area contributed by atoms with E-state index in [1.165, 1.54) is 0 Å². The fourth-order valence-corrected chi connectivity index (χ4v) is 2.64. The van der Waals surface area contributed by atoms with Gasteiger partial charge in [0.2, 0.25) is 0 Å². The molecule has 0 heterocycles. The summed E-state index contributed by atoms with van der Waals surface area (Å²) in [5.74, 6) is 0.284. The zero-order chi connectivity index (χ0) is 12.7. The summed E-state index contributed by atoms with van der Waals surface area (Å²) in [6.07, 6.45) is 2.48. The molecule has 4 N–H and O–H groups in total. The van der Waals surface area contributed by atoms with Gasteiger partial charge in [0.05, 0.1) is 5.69 Å². The van der Waals surface area contributed by atoms with Gasteiger partial charge in [-0.05, 0) is 56.8 Å². The number of halogens is 2. The van der Waals surface area contributed by atoms with Crippen LogP contribution in [0.2, 0.25) is 0 Å². The van der Waals surface area contributed by atoms with Crippen LogP contribution in [0.5, 0.6) is 0 Å². The molecule has 0 atom stereocenters. The van der Waals surface area contributed by atoms with E-state index in [1.54, 1.807) is 0 Å². The molecule has 6 heteroatoms. The van der Waals surface area contributed by atoms with E-state index in [9.17, 15) is 0 Å². The maximum absolute atomic E-state index is 8.38. The minimum atomic E-state index is 0.284. The van der Waals surface area contributed by atoms with Gasteiger partial charge in [-0.25, -0.2) is 0 Å². The van der Waals surface area contributed by atoms with E-state index < -0.39 is 0 Å². The quantitative estimate of drug-likeness (QED) is 0.238. The summed E-state index contributed by atoms with van der Waals surface area (Å²) in [6, 6.07) is 5.95. The Bertz CT molecular complexity index is 376. The van der Waals surface area contributed by atoms with E-state index in [-0.39, 0.29) is 5.84 Å². The van der Waals surface area contributed by atoms with Crippen LogP contribution >= 0.6 is 31.9 Å². The fourth-order valence-electron chi connectivity index (χ4n) is 1.36. The first-order chi connectivity index (χ1) is 8.15. The van der Waals surface area contributed by atoms with Crippen LogP contribution in [-0.2, 0) is 0 Å². The molecule has 0 aliphatic carbocycles. The first-order valence-corrected chi connectivity index (χ1v) is 6.88. The van der Waals surface area contributed by atoms with Crippen molar-refractivity contribution in [2.75, 3.05) is 11.9 Å². The van der Waals surface area contributed by atoms with Gasteiger partial charge in [-0.3, -0.25) is 0 Å². The molecule has 1 rings (SSSR count). The number of rotatable bonds is 6. The third-order valence-corrected chi connectivity index (χ3v) is 3.57. The minimum Gasteiger partial charge on any atom is -0.409 e. The Morgan fingerprint density at radius 3 is 2.53 bits per heavy atom. The van der Waals surface area contributed by atoms with E-state index in [4.69, 9.17) is 10.9 Å². The molecule has 4 nitrogen and oxygen atoms in total. The highest BCUT2D eigenvalue weighted by Crippen LogP contribution is 2.30. The second-order valence-electron chi connectivity index (χ2n) is 3.57. The van der Waals surface area contributed by atoms with Crippen molar-refractivity contribution in [3.8, 4) is 0 Å². The summed E-state index contributed by atoms with van der Waals surface area (Å²) in [5.41, 5.74) is 6.43. The number of amidine groups is 1. The third kappa shape index (κ3) is 4.95. The van der Waals surface area contributed by atoms with Crippen molar-refractivity contribution in [1.82, 2.24) is 0 Å². The summed E-state index contributed by atoms with van der Waals surface area (Å²) in [5, 5.41) is 14.6. The van der Waals surface area contributed by atoms with E-state index >= 15 is 0 Å². The van der Waals surface area contributed by atoms with Crippen molar-refractivity contribution in [2.45, 2.75) is 19.3 Å². The lowest BCUT2D eigenvalue weighted by atomic mass is 10.2. The third-order valence-electron chi connectivity index (χ3n) is 2.25. The van der Waals surface area contributed by atoms with Gasteiger partial charge in [-0.1, -0.05) is 11.2 Å². The van der Waals surface area contributed by atoms with Gasteiger partial charge in [-0.2, -0.15) is 0 Å². The molecular weight excluding hydrogens is 350 g/mol. The Kier molecular flexibility index (Phi) is 6.36. The predicted octanol–water partition coefficient (Wildman–Crippen LogP) is 3.54. The molecule has 1 aromatic rings. The molecular formula is C11H15Br2N3O. The van der Waals surface area contributed by atoms with Crippen LogP contribution in [-0.4, -0.2) is 17.6 Å². The van der Waals surface area contributed by atoms with Crippen molar-refractivity contribution < 1.29 is 5.21 Å². The van der Waals surface area contributed by atoms with Crippen LogP contribution in [0.3, 0.4) is 0 Å². The van der Waals surface area contributed by atoms with Crippen LogP contribution in [0.15, 0.2) is 32.3 Å². The van der Waals surface area contributed by atoms with Crippen LogP contribution in [0.25, 0.3) is 0 Å². The number of nitrogens with one attached hydrogen (secondary N) is 1. The number of hydrogen-bond acceptors (Lipinski definition) is 3. The number of unbranched alkanes of at least 4 members (excludes halogenated alkanes) is 1. The fraction of sp³-hybridized carbons (Fsp3) is 0.364. The van der Waals surface area contributed by atoms with Crippen LogP contribution < -0.4 is 11.1 Å². The van der Waals surface area contributed by atoms with E-state index in [0.29, 0.717) is 6.42 Å². The van der Waals surface area contributed by atoms with Gasteiger partial charge in [0, 0.05) is 21.9 Å². The minimum absolute atomic E-state index is 0.284. The van der Waals surface area contributed by atoms with E-state index in [2.05, 4.69) is 42.3 Å². The monoisotopic (exact) mass is 363 g/mol. The number of nitrogens with zero attached hydrogens (tertiary/aromatic N) is 1. The molecule has 0 aliphatic heterocycles. The summed E-state index contributed by atoms with van der Waals surface area (Å²) in [6.45, 7) is 0.847. The van der Waals surface area contributed by atoms with Crippen LogP contribution in [0.1, 0.15) is 19.3 Å². The molecule has 0 amide bonds. The van der Waals surface area contributed by atoms with Gasteiger partial charge < -0.3 is 16.3 Å². The Labute approximate surface area is 118 Å². The smallest absolute Gasteiger partial charge is 0.139 e. The molecule has 0 radical (unpaired) electrons. The number of nitrogens with two attached hydrogens (primary N) is 1. The molecule has 0 unspecified atom stereocenters. The lowest BCUT2D eigenvalue weighted by Crippen LogP contribution is -2.12. The summed E-state index contributed by atoms with van der Waals surface area (Å²) in [4.78, 5) is 0. The SMILES string of the molecule is N/C(CCCCNc1c(Br)cccc1Br)=N/O. The molecule has 0 saturated heterocycles. The first-order valence-electron chi connectivity index (χ1n) is 5.29. The first kappa shape index (κ1) is 14.3. The van der Waals surface area contributed by atoms with Crippen molar-refractivity contribution in [3.05, 3.63) is 27.1 Å². The predicted molar refractivity (Wildman–Crippen MR) is 77.6 cm³/mol. The highest BCUT2D eigenvalue weighted by molar-refractivity contribution is 9.11. The molecule has 0 aliphatic rings. The van der Waals surface area contributed by atoms with Gasteiger partial charge in [0.1, 0.15) is 5.84 Å². The Morgan fingerprint density at radius 2 is 1.94 bits per heavy atom. The molecule has 0 saturated carbocycles. The molecule has 17 heavy (non-hydrogen) atoms. The molecule has 94 valence electrons. The van der Waals surface area contributed by atoms with Crippen LogP contribution in [0, 0.1) is 0 Å². The number of benzene rings is 1. The highest BCUT2D eigenvalue weighted by atomic mass is 79.9.